The van der Waals surface area contributed by atoms with Crippen molar-refractivity contribution in [1.82, 2.24) is 9.80 Å². The van der Waals surface area contributed by atoms with Crippen LogP contribution in [0.4, 0.5) is 0 Å². The van der Waals surface area contributed by atoms with E-state index >= 15 is 0 Å². The summed E-state index contributed by atoms with van der Waals surface area (Å²) in [6.45, 7) is 9.90. The van der Waals surface area contributed by atoms with Gasteiger partial charge in [-0.3, -0.25) is 4.90 Å². The number of fused-ring (bicyclic) bond motifs is 1. The maximum Gasteiger partial charge on any atom is 0.0233 e. The van der Waals surface area contributed by atoms with Crippen molar-refractivity contribution < 1.29 is 0 Å². The number of hydrogen-bond acceptors (Lipinski definition) is 2. The zero-order chi connectivity index (χ0) is 11.7. The summed E-state index contributed by atoms with van der Waals surface area (Å²) in [4.78, 5) is 5.24. The van der Waals surface area contributed by atoms with Crippen LogP contribution >= 0.6 is 0 Å². The van der Waals surface area contributed by atoms with E-state index in [1.165, 1.54) is 38.3 Å². The fourth-order valence-corrected chi connectivity index (χ4v) is 3.42. The van der Waals surface area contributed by atoms with Crippen LogP contribution in [0.25, 0.3) is 0 Å². The minimum absolute atomic E-state index is 0.929. The highest BCUT2D eigenvalue weighted by Gasteiger charge is 2.38. The van der Waals surface area contributed by atoms with E-state index in [4.69, 9.17) is 0 Å². The highest BCUT2D eigenvalue weighted by molar-refractivity contribution is 5.14. The van der Waals surface area contributed by atoms with Crippen molar-refractivity contribution in [1.29, 1.82) is 0 Å². The molecule has 2 atom stereocenters. The van der Waals surface area contributed by atoms with E-state index in [1.807, 2.05) is 0 Å². The minimum Gasteiger partial charge on any atom is -0.303 e. The van der Waals surface area contributed by atoms with Gasteiger partial charge < -0.3 is 4.90 Å². The molecule has 2 fully saturated rings. The normalized spacial score (nSPS) is 29.7. The fraction of sp³-hybridized carbons (Fsp3) is 0.600. The Morgan fingerprint density at radius 1 is 0.941 bits per heavy atom. The van der Waals surface area contributed by atoms with Gasteiger partial charge in [0.15, 0.2) is 0 Å². The predicted octanol–water partition coefficient (Wildman–Crippen LogP) is 2.07. The third kappa shape index (κ3) is 2.38. The van der Waals surface area contributed by atoms with Gasteiger partial charge in [0.2, 0.25) is 0 Å². The first-order valence-electron chi connectivity index (χ1n) is 6.84. The molecule has 0 spiro atoms. The molecule has 0 saturated carbocycles. The summed E-state index contributed by atoms with van der Waals surface area (Å²) in [5, 5.41) is 0. The molecule has 0 N–H and O–H groups in total. The number of nitrogens with zero attached hydrogens (tertiary/aromatic N) is 2. The van der Waals surface area contributed by atoms with Crippen LogP contribution in [0.15, 0.2) is 30.3 Å². The molecule has 1 aromatic carbocycles. The lowest BCUT2D eigenvalue weighted by molar-refractivity contribution is 0.257. The van der Waals surface area contributed by atoms with Crippen LogP contribution in [0.5, 0.6) is 0 Å². The van der Waals surface area contributed by atoms with Gasteiger partial charge in [-0.2, -0.15) is 0 Å². The second-order valence-electron chi connectivity index (χ2n) is 5.55. The molecule has 0 amide bonds. The first kappa shape index (κ1) is 11.2. The van der Waals surface area contributed by atoms with Crippen molar-refractivity contribution in [3.63, 3.8) is 0 Å². The summed E-state index contributed by atoms with van der Waals surface area (Å²) in [6.07, 6.45) is 0. The van der Waals surface area contributed by atoms with Gasteiger partial charge in [0.05, 0.1) is 0 Å². The Morgan fingerprint density at radius 3 is 2.12 bits per heavy atom. The average molecular weight is 230 g/mol. The number of hydrogen-bond donors (Lipinski definition) is 0. The molecule has 0 bridgehead atoms. The molecule has 0 aromatic heterocycles. The molecule has 92 valence electrons. The molecule has 2 heteroatoms. The first-order valence-corrected chi connectivity index (χ1v) is 6.84. The maximum atomic E-state index is 2.64. The lowest BCUT2D eigenvalue weighted by atomic mass is 10.0. The van der Waals surface area contributed by atoms with Crippen molar-refractivity contribution in [3.8, 4) is 0 Å². The Hall–Kier alpha value is -0.860. The Kier molecular flexibility index (Phi) is 3.17. The summed E-state index contributed by atoms with van der Waals surface area (Å²) in [6, 6.07) is 10.9. The second-order valence-corrected chi connectivity index (χ2v) is 5.55. The molecule has 0 aliphatic carbocycles. The topological polar surface area (TPSA) is 6.48 Å². The van der Waals surface area contributed by atoms with Gasteiger partial charge in [0.25, 0.3) is 0 Å². The van der Waals surface area contributed by atoms with Crippen molar-refractivity contribution in [2.45, 2.75) is 13.5 Å². The Labute approximate surface area is 104 Å². The lowest BCUT2D eigenvalue weighted by Crippen LogP contribution is -2.28. The quantitative estimate of drug-likeness (QED) is 0.784. The molecule has 0 unspecified atom stereocenters. The van der Waals surface area contributed by atoms with Crippen LogP contribution in [0, 0.1) is 11.8 Å². The molecule has 17 heavy (non-hydrogen) atoms. The molecular weight excluding hydrogens is 208 g/mol. The van der Waals surface area contributed by atoms with Crippen LogP contribution < -0.4 is 0 Å². The first-order chi connectivity index (χ1) is 8.35. The molecule has 2 saturated heterocycles. The maximum absolute atomic E-state index is 2.64. The van der Waals surface area contributed by atoms with E-state index in [2.05, 4.69) is 47.1 Å². The Morgan fingerprint density at radius 2 is 1.53 bits per heavy atom. The van der Waals surface area contributed by atoms with Crippen LogP contribution in [-0.4, -0.2) is 42.5 Å². The van der Waals surface area contributed by atoms with Gasteiger partial charge in [-0.25, -0.2) is 0 Å². The third-order valence-corrected chi connectivity index (χ3v) is 4.33. The number of rotatable bonds is 3. The summed E-state index contributed by atoms with van der Waals surface area (Å²) in [5.41, 5.74) is 1.46. The van der Waals surface area contributed by atoms with Crippen molar-refractivity contribution in [3.05, 3.63) is 35.9 Å². The zero-order valence-electron chi connectivity index (χ0n) is 10.7. The van der Waals surface area contributed by atoms with Crippen molar-refractivity contribution >= 4 is 0 Å². The van der Waals surface area contributed by atoms with Gasteiger partial charge in [-0.1, -0.05) is 37.3 Å². The second kappa shape index (κ2) is 4.79. The van der Waals surface area contributed by atoms with Crippen LogP contribution in [-0.2, 0) is 6.54 Å². The highest BCUT2D eigenvalue weighted by Crippen LogP contribution is 2.31. The third-order valence-electron chi connectivity index (χ3n) is 4.33. The molecule has 1 aromatic rings. The van der Waals surface area contributed by atoms with Crippen LogP contribution in [0.1, 0.15) is 12.5 Å². The van der Waals surface area contributed by atoms with Crippen molar-refractivity contribution in [2.24, 2.45) is 11.8 Å². The van der Waals surface area contributed by atoms with Gasteiger partial charge in [-0.15, -0.1) is 0 Å². The Bertz CT molecular complexity index is 348. The molecule has 3 rings (SSSR count). The monoisotopic (exact) mass is 230 g/mol. The largest absolute Gasteiger partial charge is 0.303 e. The van der Waals surface area contributed by atoms with Gasteiger partial charge in [0.1, 0.15) is 0 Å². The zero-order valence-corrected chi connectivity index (χ0v) is 10.7. The van der Waals surface area contributed by atoms with Crippen molar-refractivity contribution in [2.75, 3.05) is 32.7 Å². The lowest BCUT2D eigenvalue weighted by Gasteiger charge is -2.20. The van der Waals surface area contributed by atoms with Gasteiger partial charge in [-0.05, 0) is 23.9 Å². The molecule has 2 aliphatic heterocycles. The van der Waals surface area contributed by atoms with E-state index in [9.17, 15) is 0 Å². The summed E-state index contributed by atoms with van der Waals surface area (Å²) in [5.74, 6) is 1.86. The standard InChI is InChI=1S/C15H22N2/c1-2-16-9-14-11-17(12-15(14)10-16)8-13-6-4-3-5-7-13/h3-7,14-15H,2,8-12H2,1H3/t14-,15-/m1/s1. The van der Waals surface area contributed by atoms with E-state index in [-0.39, 0.29) is 0 Å². The van der Waals surface area contributed by atoms with E-state index in [0.29, 0.717) is 0 Å². The summed E-state index contributed by atoms with van der Waals surface area (Å²) < 4.78 is 0. The van der Waals surface area contributed by atoms with E-state index in [1.54, 1.807) is 0 Å². The number of likely N-dealkylation sites (tertiary alicyclic amines) is 2. The predicted molar refractivity (Wildman–Crippen MR) is 70.8 cm³/mol. The average Bonchev–Trinajstić information content (AvgIpc) is 2.87. The SMILES string of the molecule is CCN1C[C@@H]2CN(Cc3ccccc3)C[C@H]2C1. The smallest absolute Gasteiger partial charge is 0.0233 e. The van der Waals surface area contributed by atoms with Gasteiger partial charge in [0, 0.05) is 32.7 Å². The highest BCUT2D eigenvalue weighted by atomic mass is 15.2. The molecule has 2 heterocycles. The molecule has 2 aliphatic rings. The summed E-state index contributed by atoms with van der Waals surface area (Å²) in [7, 11) is 0. The summed E-state index contributed by atoms with van der Waals surface area (Å²) >= 11 is 0. The fourth-order valence-electron chi connectivity index (χ4n) is 3.42. The van der Waals surface area contributed by atoms with E-state index in [0.717, 1.165) is 18.4 Å². The molecule has 2 nitrogen and oxygen atoms in total. The Balaban J connectivity index is 1.56. The van der Waals surface area contributed by atoms with E-state index < -0.39 is 0 Å². The number of benzene rings is 1. The molecular formula is C15H22N2. The molecule has 0 radical (unpaired) electrons. The minimum atomic E-state index is 0.929. The van der Waals surface area contributed by atoms with Gasteiger partial charge >= 0.3 is 0 Å². The van der Waals surface area contributed by atoms with Crippen LogP contribution in [0.3, 0.4) is 0 Å². The van der Waals surface area contributed by atoms with Crippen LogP contribution in [0.2, 0.25) is 0 Å².